The fourth-order valence-electron chi connectivity index (χ4n) is 2.04. The van der Waals surface area contributed by atoms with Crippen molar-refractivity contribution in [3.05, 3.63) is 24.3 Å². The van der Waals surface area contributed by atoms with Gasteiger partial charge in [0.25, 0.3) is 0 Å². The maximum Gasteiger partial charge on any atom is 0.0163 e. The zero-order valence-corrected chi connectivity index (χ0v) is 12.3. The molecule has 0 radical (unpaired) electrons. The van der Waals surface area contributed by atoms with E-state index >= 15 is 0 Å². The van der Waals surface area contributed by atoms with Crippen molar-refractivity contribution in [2.75, 3.05) is 60.4 Å². The fourth-order valence-corrected chi connectivity index (χ4v) is 2.04. The topological polar surface area (TPSA) is 9.72 Å². The molecule has 3 heterocycles. The van der Waals surface area contributed by atoms with Crippen LogP contribution in [0.1, 0.15) is 12.8 Å². The molecule has 0 aromatic rings. The summed E-state index contributed by atoms with van der Waals surface area (Å²) in [7, 11) is 6.40. The van der Waals surface area contributed by atoms with Crippen LogP contribution in [0.25, 0.3) is 0 Å². The number of hydrogen-bond donors (Lipinski definition) is 0. The van der Waals surface area contributed by atoms with Crippen molar-refractivity contribution in [3.8, 4) is 0 Å². The van der Waals surface area contributed by atoms with Gasteiger partial charge in [-0.3, -0.25) is 9.80 Å². The van der Waals surface area contributed by atoms with E-state index in [4.69, 9.17) is 0 Å². The number of likely N-dealkylation sites (tertiary alicyclic amines) is 1. The summed E-state index contributed by atoms with van der Waals surface area (Å²) in [5.41, 5.74) is 0. The van der Waals surface area contributed by atoms with Gasteiger partial charge in [-0.05, 0) is 47.1 Å². The first kappa shape index (κ1) is 15.4. The minimum Gasteiger partial charge on any atom is -0.306 e. The van der Waals surface area contributed by atoms with Crippen LogP contribution in [0.5, 0.6) is 0 Å². The lowest BCUT2D eigenvalue weighted by Crippen LogP contribution is -2.11. The Hall–Kier alpha value is -0.640. The molecule has 0 atom stereocenters. The second-order valence-corrected chi connectivity index (χ2v) is 5.40. The molecule has 1 fully saturated rings. The van der Waals surface area contributed by atoms with Crippen LogP contribution in [0.3, 0.4) is 0 Å². The van der Waals surface area contributed by atoms with Crippen LogP contribution in [0, 0.1) is 0 Å². The van der Waals surface area contributed by atoms with E-state index in [1.165, 1.54) is 25.9 Å². The van der Waals surface area contributed by atoms with E-state index in [0.717, 1.165) is 26.2 Å². The summed E-state index contributed by atoms with van der Waals surface area (Å²) in [6, 6.07) is 0. The highest BCUT2D eigenvalue weighted by Gasteiger charge is 2.03. The van der Waals surface area contributed by atoms with Crippen LogP contribution in [0.15, 0.2) is 24.3 Å². The molecule has 3 rings (SSSR count). The summed E-state index contributed by atoms with van der Waals surface area (Å²) >= 11 is 0. The van der Waals surface area contributed by atoms with E-state index in [1.54, 1.807) is 0 Å². The first-order valence-electron chi connectivity index (χ1n) is 7.04. The van der Waals surface area contributed by atoms with E-state index in [-0.39, 0.29) is 0 Å². The van der Waals surface area contributed by atoms with Gasteiger partial charge < -0.3 is 4.90 Å². The third kappa shape index (κ3) is 7.64. The third-order valence-corrected chi connectivity index (χ3v) is 3.33. The second kappa shape index (κ2) is 9.31. The van der Waals surface area contributed by atoms with Crippen molar-refractivity contribution in [2.45, 2.75) is 12.8 Å². The lowest BCUT2D eigenvalue weighted by Gasteiger charge is -2.01. The molecule has 3 aliphatic rings. The predicted molar refractivity (Wildman–Crippen MR) is 80.0 cm³/mol. The Morgan fingerprint density at radius 2 is 0.889 bits per heavy atom. The van der Waals surface area contributed by atoms with Gasteiger partial charge in [-0.15, -0.1) is 0 Å². The molecule has 0 unspecified atom stereocenters. The molecule has 0 spiro atoms. The summed E-state index contributed by atoms with van der Waals surface area (Å²) in [6.45, 7) is 7.19. The molecule has 0 aromatic carbocycles. The molecular weight excluding hydrogens is 222 g/mol. The van der Waals surface area contributed by atoms with Gasteiger partial charge in [0.05, 0.1) is 0 Å². The van der Waals surface area contributed by atoms with Crippen LogP contribution in [0.2, 0.25) is 0 Å². The lowest BCUT2D eigenvalue weighted by atomic mass is 10.4. The average Bonchev–Trinajstić information content (AvgIpc) is 3.05. The van der Waals surface area contributed by atoms with Crippen LogP contribution >= 0.6 is 0 Å². The number of nitrogens with zero attached hydrogens (tertiary/aromatic N) is 3. The molecule has 0 aromatic heterocycles. The molecule has 3 aliphatic heterocycles. The van der Waals surface area contributed by atoms with Gasteiger partial charge in [-0.1, -0.05) is 24.3 Å². The molecule has 0 saturated carbocycles. The van der Waals surface area contributed by atoms with Crippen molar-refractivity contribution < 1.29 is 0 Å². The SMILES string of the molecule is CN1CC=CC1.CN1CC=CC1.CN1CCCC1. The second-order valence-electron chi connectivity index (χ2n) is 5.40. The van der Waals surface area contributed by atoms with Crippen molar-refractivity contribution in [3.63, 3.8) is 0 Å². The Labute approximate surface area is 113 Å². The van der Waals surface area contributed by atoms with Crippen LogP contribution < -0.4 is 0 Å². The summed E-state index contributed by atoms with van der Waals surface area (Å²) in [4.78, 5) is 6.86. The number of hydrogen-bond acceptors (Lipinski definition) is 3. The predicted octanol–water partition coefficient (Wildman–Crippen LogP) is 1.69. The van der Waals surface area contributed by atoms with E-state index in [0.29, 0.717) is 0 Å². The molecule has 0 amide bonds. The minimum absolute atomic E-state index is 1.14. The van der Waals surface area contributed by atoms with Crippen molar-refractivity contribution >= 4 is 0 Å². The van der Waals surface area contributed by atoms with Gasteiger partial charge >= 0.3 is 0 Å². The standard InChI is InChI=1S/C5H11N.2C5H9N/c3*1-6-4-2-3-5-6/h2-5H2,1H3;2*2-3H,4-5H2,1H3. The smallest absolute Gasteiger partial charge is 0.0163 e. The summed E-state index contributed by atoms with van der Waals surface area (Å²) < 4.78 is 0. The molecule has 3 nitrogen and oxygen atoms in total. The van der Waals surface area contributed by atoms with Gasteiger partial charge in [0.2, 0.25) is 0 Å². The molecular formula is C15H29N3. The monoisotopic (exact) mass is 251 g/mol. The highest BCUT2D eigenvalue weighted by atomic mass is 15.1. The number of likely N-dealkylation sites (N-methyl/N-ethyl adjacent to an activating group) is 2. The molecule has 18 heavy (non-hydrogen) atoms. The van der Waals surface area contributed by atoms with Crippen molar-refractivity contribution in [2.24, 2.45) is 0 Å². The Bertz CT molecular complexity index is 218. The summed E-state index contributed by atoms with van der Waals surface area (Å²) in [5, 5.41) is 0. The highest BCUT2D eigenvalue weighted by Crippen LogP contribution is 2.02. The van der Waals surface area contributed by atoms with Crippen molar-refractivity contribution in [1.82, 2.24) is 14.7 Å². The van der Waals surface area contributed by atoms with E-state index < -0.39 is 0 Å². The van der Waals surface area contributed by atoms with Gasteiger partial charge in [0, 0.05) is 26.2 Å². The Morgan fingerprint density at radius 3 is 1.00 bits per heavy atom. The summed E-state index contributed by atoms with van der Waals surface area (Å²) in [6.07, 6.45) is 11.5. The normalized spacial score (nSPS) is 23.7. The van der Waals surface area contributed by atoms with Crippen molar-refractivity contribution in [1.29, 1.82) is 0 Å². The maximum atomic E-state index is 2.36. The molecule has 0 aliphatic carbocycles. The zero-order valence-electron chi connectivity index (χ0n) is 12.3. The molecule has 0 bridgehead atoms. The molecule has 1 saturated heterocycles. The summed E-state index contributed by atoms with van der Waals surface area (Å²) in [5.74, 6) is 0. The number of rotatable bonds is 0. The third-order valence-electron chi connectivity index (χ3n) is 3.33. The van der Waals surface area contributed by atoms with Gasteiger partial charge in [-0.2, -0.15) is 0 Å². The quantitative estimate of drug-likeness (QED) is 0.607. The Morgan fingerprint density at radius 1 is 0.556 bits per heavy atom. The van der Waals surface area contributed by atoms with Gasteiger partial charge in [0.1, 0.15) is 0 Å². The fraction of sp³-hybridized carbons (Fsp3) is 0.733. The Kier molecular flexibility index (Phi) is 7.98. The lowest BCUT2D eigenvalue weighted by molar-refractivity contribution is 0.418. The average molecular weight is 251 g/mol. The molecule has 3 heteroatoms. The maximum absolute atomic E-state index is 2.36. The molecule has 0 N–H and O–H groups in total. The van der Waals surface area contributed by atoms with E-state index in [2.05, 4.69) is 60.1 Å². The van der Waals surface area contributed by atoms with E-state index in [1.807, 2.05) is 0 Å². The first-order chi connectivity index (χ1) is 8.68. The minimum atomic E-state index is 1.14. The highest BCUT2D eigenvalue weighted by molar-refractivity contribution is 4.94. The van der Waals surface area contributed by atoms with Crippen LogP contribution in [0.4, 0.5) is 0 Å². The van der Waals surface area contributed by atoms with Crippen LogP contribution in [-0.4, -0.2) is 75.1 Å². The van der Waals surface area contributed by atoms with E-state index in [9.17, 15) is 0 Å². The Balaban J connectivity index is 0.000000135. The zero-order chi connectivity index (χ0) is 13.2. The van der Waals surface area contributed by atoms with Gasteiger partial charge in [0.15, 0.2) is 0 Å². The molecule has 104 valence electrons. The van der Waals surface area contributed by atoms with Gasteiger partial charge in [-0.25, -0.2) is 0 Å². The largest absolute Gasteiger partial charge is 0.306 e. The van der Waals surface area contributed by atoms with Crippen LogP contribution in [-0.2, 0) is 0 Å². The first-order valence-corrected chi connectivity index (χ1v) is 7.04.